The SMILES string of the molecule is CCCNC(CCC)Cc1nc(Cc2ccncc2)no1. The zero-order valence-electron chi connectivity index (χ0n) is 12.9. The van der Waals surface area contributed by atoms with Gasteiger partial charge in [-0.2, -0.15) is 4.98 Å². The van der Waals surface area contributed by atoms with Crippen LogP contribution in [0, 0.1) is 0 Å². The van der Waals surface area contributed by atoms with Crippen molar-refractivity contribution in [3.63, 3.8) is 0 Å². The summed E-state index contributed by atoms with van der Waals surface area (Å²) in [6, 6.07) is 4.36. The molecule has 0 aliphatic carbocycles. The van der Waals surface area contributed by atoms with Crippen LogP contribution in [0.5, 0.6) is 0 Å². The van der Waals surface area contributed by atoms with Gasteiger partial charge in [0, 0.05) is 31.3 Å². The Morgan fingerprint density at radius 3 is 2.71 bits per heavy atom. The Morgan fingerprint density at radius 2 is 2.00 bits per heavy atom. The third-order valence-electron chi connectivity index (χ3n) is 3.36. The molecule has 0 amide bonds. The van der Waals surface area contributed by atoms with Crippen molar-refractivity contribution in [2.75, 3.05) is 6.54 Å². The summed E-state index contributed by atoms with van der Waals surface area (Å²) in [5.74, 6) is 1.46. The highest BCUT2D eigenvalue weighted by Gasteiger charge is 2.13. The number of hydrogen-bond donors (Lipinski definition) is 1. The lowest BCUT2D eigenvalue weighted by Crippen LogP contribution is -2.31. The maximum absolute atomic E-state index is 5.38. The monoisotopic (exact) mass is 288 g/mol. The highest BCUT2D eigenvalue weighted by atomic mass is 16.5. The topological polar surface area (TPSA) is 63.8 Å². The number of nitrogens with one attached hydrogen (secondary N) is 1. The lowest BCUT2D eigenvalue weighted by molar-refractivity contribution is 0.347. The second-order valence-electron chi connectivity index (χ2n) is 5.28. The molecule has 1 atom stereocenters. The summed E-state index contributed by atoms with van der Waals surface area (Å²) in [5, 5.41) is 7.61. The molecular formula is C16H24N4O. The van der Waals surface area contributed by atoms with Crippen molar-refractivity contribution in [3.05, 3.63) is 41.8 Å². The van der Waals surface area contributed by atoms with Crippen LogP contribution in [0.15, 0.2) is 29.0 Å². The Morgan fingerprint density at radius 1 is 1.19 bits per heavy atom. The zero-order valence-corrected chi connectivity index (χ0v) is 12.9. The quantitative estimate of drug-likeness (QED) is 0.768. The van der Waals surface area contributed by atoms with E-state index in [-0.39, 0.29) is 0 Å². The second kappa shape index (κ2) is 8.52. The van der Waals surface area contributed by atoms with Gasteiger partial charge in [0.05, 0.1) is 0 Å². The third kappa shape index (κ3) is 5.27. The van der Waals surface area contributed by atoms with Crippen LogP contribution in [-0.4, -0.2) is 27.7 Å². The predicted octanol–water partition coefficient (Wildman–Crippen LogP) is 2.77. The summed E-state index contributed by atoms with van der Waals surface area (Å²) in [6.45, 7) is 5.40. The van der Waals surface area contributed by atoms with Gasteiger partial charge in [-0.3, -0.25) is 4.98 Å². The smallest absolute Gasteiger partial charge is 0.228 e. The van der Waals surface area contributed by atoms with E-state index in [1.165, 1.54) is 0 Å². The summed E-state index contributed by atoms with van der Waals surface area (Å²) in [5.41, 5.74) is 1.14. The van der Waals surface area contributed by atoms with Crippen molar-refractivity contribution < 1.29 is 4.52 Å². The highest BCUT2D eigenvalue weighted by Crippen LogP contribution is 2.09. The lowest BCUT2D eigenvalue weighted by Gasteiger charge is -2.15. The minimum Gasteiger partial charge on any atom is -0.339 e. The lowest BCUT2D eigenvalue weighted by atomic mass is 10.1. The first-order chi connectivity index (χ1) is 10.3. The van der Waals surface area contributed by atoms with E-state index in [1.807, 2.05) is 12.1 Å². The van der Waals surface area contributed by atoms with Crippen LogP contribution >= 0.6 is 0 Å². The van der Waals surface area contributed by atoms with Crippen LogP contribution in [-0.2, 0) is 12.8 Å². The predicted molar refractivity (Wildman–Crippen MR) is 82.0 cm³/mol. The maximum atomic E-state index is 5.38. The van der Waals surface area contributed by atoms with Gasteiger partial charge >= 0.3 is 0 Å². The van der Waals surface area contributed by atoms with E-state index in [4.69, 9.17) is 4.52 Å². The van der Waals surface area contributed by atoms with E-state index < -0.39 is 0 Å². The molecule has 0 spiro atoms. The molecule has 0 saturated carbocycles. The van der Waals surface area contributed by atoms with Crippen molar-refractivity contribution >= 4 is 0 Å². The van der Waals surface area contributed by atoms with Crippen molar-refractivity contribution in [2.45, 2.75) is 52.0 Å². The summed E-state index contributed by atoms with van der Waals surface area (Å²) >= 11 is 0. The molecule has 2 aromatic rings. The van der Waals surface area contributed by atoms with Crippen LogP contribution in [0.3, 0.4) is 0 Å². The standard InChI is InChI=1S/C16H24N4O/c1-3-5-14(18-8-4-2)12-16-19-15(20-21-16)11-13-6-9-17-10-7-13/h6-7,9-10,14,18H,3-5,8,11-12H2,1-2H3. The van der Waals surface area contributed by atoms with Crippen molar-refractivity contribution in [2.24, 2.45) is 0 Å². The summed E-state index contributed by atoms with van der Waals surface area (Å²) < 4.78 is 5.38. The molecule has 0 bridgehead atoms. The molecular weight excluding hydrogens is 264 g/mol. The van der Waals surface area contributed by atoms with Crippen molar-refractivity contribution in [1.82, 2.24) is 20.4 Å². The first-order valence-corrected chi connectivity index (χ1v) is 7.75. The first kappa shape index (κ1) is 15.6. The third-order valence-corrected chi connectivity index (χ3v) is 3.36. The van der Waals surface area contributed by atoms with Crippen LogP contribution in [0.25, 0.3) is 0 Å². The summed E-state index contributed by atoms with van der Waals surface area (Å²) in [7, 11) is 0. The van der Waals surface area contributed by atoms with E-state index in [2.05, 4.69) is 34.3 Å². The fourth-order valence-corrected chi connectivity index (χ4v) is 2.31. The molecule has 114 valence electrons. The normalized spacial score (nSPS) is 12.5. The Bertz CT molecular complexity index is 512. The van der Waals surface area contributed by atoms with Gasteiger partial charge in [-0.1, -0.05) is 25.4 Å². The fraction of sp³-hybridized carbons (Fsp3) is 0.562. The van der Waals surface area contributed by atoms with Crippen molar-refractivity contribution in [1.29, 1.82) is 0 Å². The fourth-order valence-electron chi connectivity index (χ4n) is 2.31. The molecule has 5 heteroatoms. The molecule has 0 aromatic carbocycles. The van der Waals surface area contributed by atoms with E-state index >= 15 is 0 Å². The van der Waals surface area contributed by atoms with E-state index in [9.17, 15) is 0 Å². The average Bonchev–Trinajstić information content (AvgIpc) is 2.93. The number of aromatic nitrogens is 3. The Kier molecular flexibility index (Phi) is 6.34. The van der Waals surface area contributed by atoms with Gasteiger partial charge in [-0.05, 0) is 37.1 Å². The molecule has 5 nitrogen and oxygen atoms in total. The molecule has 1 N–H and O–H groups in total. The van der Waals surface area contributed by atoms with E-state index in [1.54, 1.807) is 12.4 Å². The number of nitrogens with zero attached hydrogens (tertiary/aromatic N) is 3. The Balaban J connectivity index is 1.92. The molecule has 1 unspecified atom stereocenters. The van der Waals surface area contributed by atoms with Gasteiger partial charge in [0.1, 0.15) is 0 Å². The van der Waals surface area contributed by atoms with Crippen LogP contribution in [0.2, 0.25) is 0 Å². The van der Waals surface area contributed by atoms with Crippen LogP contribution in [0.1, 0.15) is 50.4 Å². The molecule has 0 aliphatic heterocycles. The maximum Gasteiger partial charge on any atom is 0.228 e. The molecule has 21 heavy (non-hydrogen) atoms. The highest BCUT2D eigenvalue weighted by molar-refractivity contribution is 5.14. The van der Waals surface area contributed by atoms with Crippen molar-refractivity contribution in [3.8, 4) is 0 Å². The minimum atomic E-state index is 0.421. The number of pyridine rings is 1. The van der Waals surface area contributed by atoms with Gasteiger partial charge < -0.3 is 9.84 Å². The summed E-state index contributed by atoms with van der Waals surface area (Å²) in [4.78, 5) is 8.51. The average molecular weight is 288 g/mol. The molecule has 2 aromatic heterocycles. The van der Waals surface area contributed by atoms with Crippen LogP contribution < -0.4 is 5.32 Å². The van der Waals surface area contributed by atoms with E-state index in [0.717, 1.165) is 49.5 Å². The van der Waals surface area contributed by atoms with Gasteiger partial charge in [-0.25, -0.2) is 0 Å². The Hall–Kier alpha value is -1.75. The van der Waals surface area contributed by atoms with Gasteiger partial charge in [0.2, 0.25) is 5.89 Å². The molecule has 2 heterocycles. The zero-order chi connectivity index (χ0) is 14.9. The molecule has 0 fully saturated rings. The summed E-state index contributed by atoms with van der Waals surface area (Å²) in [6.07, 6.45) is 8.47. The Labute approximate surface area is 126 Å². The van der Waals surface area contributed by atoms with Crippen LogP contribution in [0.4, 0.5) is 0 Å². The molecule has 2 rings (SSSR count). The molecule has 0 saturated heterocycles. The second-order valence-corrected chi connectivity index (χ2v) is 5.28. The minimum absolute atomic E-state index is 0.421. The first-order valence-electron chi connectivity index (χ1n) is 7.75. The molecule has 0 aliphatic rings. The molecule has 0 radical (unpaired) electrons. The number of rotatable bonds is 9. The van der Waals surface area contributed by atoms with Gasteiger partial charge in [0.15, 0.2) is 5.82 Å². The van der Waals surface area contributed by atoms with Gasteiger partial charge in [-0.15, -0.1) is 0 Å². The largest absolute Gasteiger partial charge is 0.339 e. The number of hydrogen-bond acceptors (Lipinski definition) is 5. The van der Waals surface area contributed by atoms with E-state index in [0.29, 0.717) is 12.5 Å². The van der Waals surface area contributed by atoms with Gasteiger partial charge in [0.25, 0.3) is 0 Å².